The van der Waals surface area contributed by atoms with Gasteiger partial charge in [-0.05, 0) is 13.3 Å². The molecular formula is C8H11NO2. The Hall–Kier alpha value is -1.17. The van der Waals surface area contributed by atoms with E-state index in [1.807, 2.05) is 6.07 Å². The van der Waals surface area contributed by atoms with Crippen molar-refractivity contribution in [1.29, 1.82) is 5.26 Å². The lowest BCUT2D eigenvalue weighted by atomic mass is 10.1. The van der Waals surface area contributed by atoms with E-state index < -0.39 is 0 Å². The number of rotatable bonds is 5. The van der Waals surface area contributed by atoms with Crippen molar-refractivity contribution in [2.45, 2.75) is 32.6 Å². The Balaban J connectivity index is 3.39. The highest BCUT2D eigenvalue weighted by atomic mass is 16.1. The van der Waals surface area contributed by atoms with Crippen molar-refractivity contribution in [3.8, 4) is 6.07 Å². The summed E-state index contributed by atoms with van der Waals surface area (Å²) in [5.41, 5.74) is 0. The quantitative estimate of drug-likeness (QED) is 0.441. The summed E-state index contributed by atoms with van der Waals surface area (Å²) in [6.45, 7) is 1.39. The van der Waals surface area contributed by atoms with Crippen LogP contribution >= 0.6 is 0 Å². The Labute approximate surface area is 66.0 Å². The van der Waals surface area contributed by atoms with Crippen LogP contribution in [0.5, 0.6) is 0 Å². The van der Waals surface area contributed by atoms with Gasteiger partial charge in [-0.3, -0.25) is 9.59 Å². The van der Waals surface area contributed by atoms with E-state index in [2.05, 4.69) is 0 Å². The zero-order chi connectivity index (χ0) is 8.69. The standard InChI is InChI=1S/C8H11NO2/c1-7(10)6-8(11)4-2-3-5-9/h2-4,6H2,1H3. The fourth-order valence-electron chi connectivity index (χ4n) is 0.731. The molecule has 0 saturated heterocycles. The summed E-state index contributed by atoms with van der Waals surface area (Å²) in [5.74, 6) is -0.167. The number of unbranched alkanes of at least 4 members (excludes halogenated alkanes) is 1. The van der Waals surface area contributed by atoms with Gasteiger partial charge in [-0.1, -0.05) is 0 Å². The first-order valence-corrected chi connectivity index (χ1v) is 3.55. The van der Waals surface area contributed by atoms with Crippen LogP contribution in [-0.2, 0) is 9.59 Å². The van der Waals surface area contributed by atoms with E-state index in [0.29, 0.717) is 19.3 Å². The Bertz CT molecular complexity index is 191. The largest absolute Gasteiger partial charge is 0.300 e. The zero-order valence-electron chi connectivity index (χ0n) is 6.59. The Morgan fingerprint density at radius 2 is 2.09 bits per heavy atom. The molecule has 0 unspecified atom stereocenters. The van der Waals surface area contributed by atoms with Crippen LogP contribution in [0.1, 0.15) is 32.6 Å². The maximum Gasteiger partial charge on any atom is 0.140 e. The summed E-state index contributed by atoms with van der Waals surface area (Å²) in [5, 5.41) is 8.13. The maximum absolute atomic E-state index is 10.8. The van der Waals surface area contributed by atoms with Gasteiger partial charge in [0.25, 0.3) is 0 Å². The van der Waals surface area contributed by atoms with Gasteiger partial charge in [0, 0.05) is 12.8 Å². The number of hydrogen-bond acceptors (Lipinski definition) is 3. The van der Waals surface area contributed by atoms with Gasteiger partial charge in [0.2, 0.25) is 0 Å². The second kappa shape index (κ2) is 5.60. The number of carbonyl (C=O) groups is 2. The molecule has 60 valence electrons. The summed E-state index contributed by atoms with van der Waals surface area (Å²) >= 11 is 0. The Morgan fingerprint density at radius 3 is 2.55 bits per heavy atom. The lowest BCUT2D eigenvalue weighted by molar-refractivity contribution is -0.125. The maximum atomic E-state index is 10.8. The van der Waals surface area contributed by atoms with Crippen LogP contribution < -0.4 is 0 Å². The van der Waals surface area contributed by atoms with Gasteiger partial charge in [0.05, 0.1) is 12.5 Å². The molecule has 0 atom stereocenters. The summed E-state index contributed by atoms with van der Waals surface area (Å²) in [6, 6.07) is 1.94. The van der Waals surface area contributed by atoms with Crippen LogP contribution in [0.4, 0.5) is 0 Å². The fraction of sp³-hybridized carbons (Fsp3) is 0.625. The lowest BCUT2D eigenvalue weighted by Gasteiger charge is -1.93. The molecule has 0 fully saturated rings. The minimum absolute atomic E-state index is 0.0193. The highest BCUT2D eigenvalue weighted by Crippen LogP contribution is 1.98. The van der Waals surface area contributed by atoms with E-state index in [-0.39, 0.29) is 18.0 Å². The molecule has 11 heavy (non-hydrogen) atoms. The molecule has 0 rings (SSSR count). The molecule has 0 spiro atoms. The molecule has 0 aliphatic heterocycles. The fourth-order valence-corrected chi connectivity index (χ4v) is 0.731. The molecule has 0 N–H and O–H groups in total. The first-order chi connectivity index (χ1) is 5.16. The molecular weight excluding hydrogens is 142 g/mol. The van der Waals surface area contributed by atoms with Crippen molar-refractivity contribution in [2.75, 3.05) is 0 Å². The van der Waals surface area contributed by atoms with Crippen molar-refractivity contribution in [2.24, 2.45) is 0 Å². The van der Waals surface area contributed by atoms with Gasteiger partial charge >= 0.3 is 0 Å². The van der Waals surface area contributed by atoms with Gasteiger partial charge in [-0.15, -0.1) is 0 Å². The molecule has 0 radical (unpaired) electrons. The van der Waals surface area contributed by atoms with Crippen LogP contribution in [0.15, 0.2) is 0 Å². The Kier molecular flexibility index (Phi) is 5.01. The van der Waals surface area contributed by atoms with Gasteiger partial charge in [-0.25, -0.2) is 0 Å². The van der Waals surface area contributed by atoms with Crippen molar-refractivity contribution in [3.05, 3.63) is 0 Å². The number of ketones is 2. The minimum Gasteiger partial charge on any atom is -0.300 e. The van der Waals surface area contributed by atoms with Crippen molar-refractivity contribution in [1.82, 2.24) is 0 Å². The number of carbonyl (C=O) groups excluding carboxylic acids is 2. The molecule has 0 aromatic heterocycles. The van der Waals surface area contributed by atoms with E-state index in [0.717, 1.165) is 0 Å². The van der Waals surface area contributed by atoms with E-state index in [9.17, 15) is 9.59 Å². The minimum atomic E-state index is -0.105. The third-order valence-corrected chi connectivity index (χ3v) is 1.19. The molecule has 0 aromatic carbocycles. The second-order valence-electron chi connectivity index (χ2n) is 2.43. The third-order valence-electron chi connectivity index (χ3n) is 1.19. The van der Waals surface area contributed by atoms with Crippen LogP contribution in [0.25, 0.3) is 0 Å². The average molecular weight is 153 g/mol. The molecule has 0 aliphatic carbocycles. The smallest absolute Gasteiger partial charge is 0.140 e. The van der Waals surface area contributed by atoms with Gasteiger partial charge in [0.15, 0.2) is 0 Å². The topological polar surface area (TPSA) is 57.9 Å². The van der Waals surface area contributed by atoms with Crippen LogP contribution in [-0.4, -0.2) is 11.6 Å². The van der Waals surface area contributed by atoms with Gasteiger partial charge < -0.3 is 0 Å². The summed E-state index contributed by atoms with van der Waals surface area (Å²) < 4.78 is 0. The Morgan fingerprint density at radius 1 is 1.45 bits per heavy atom. The number of nitriles is 1. The van der Waals surface area contributed by atoms with Crippen molar-refractivity contribution >= 4 is 11.6 Å². The van der Waals surface area contributed by atoms with E-state index in [4.69, 9.17) is 5.26 Å². The molecule has 3 heteroatoms. The predicted octanol–water partition coefficient (Wildman–Crippen LogP) is 1.23. The molecule has 3 nitrogen and oxygen atoms in total. The monoisotopic (exact) mass is 153 g/mol. The normalized spacial score (nSPS) is 8.73. The number of nitrogens with zero attached hydrogens (tertiary/aromatic N) is 1. The average Bonchev–Trinajstić information content (AvgIpc) is 1.86. The van der Waals surface area contributed by atoms with E-state index >= 15 is 0 Å². The third kappa shape index (κ3) is 6.72. The summed E-state index contributed by atoms with van der Waals surface area (Å²) in [6.07, 6.45) is 1.34. The van der Waals surface area contributed by atoms with Crippen molar-refractivity contribution < 1.29 is 9.59 Å². The molecule has 0 amide bonds. The van der Waals surface area contributed by atoms with Gasteiger partial charge in [-0.2, -0.15) is 5.26 Å². The highest BCUT2D eigenvalue weighted by molar-refractivity contribution is 5.97. The molecule has 0 aromatic rings. The first-order valence-electron chi connectivity index (χ1n) is 3.55. The first kappa shape index (κ1) is 9.83. The SMILES string of the molecule is CC(=O)CC(=O)CCCC#N. The van der Waals surface area contributed by atoms with Gasteiger partial charge in [0.1, 0.15) is 11.6 Å². The van der Waals surface area contributed by atoms with Crippen molar-refractivity contribution in [3.63, 3.8) is 0 Å². The summed E-state index contributed by atoms with van der Waals surface area (Å²) in [7, 11) is 0. The molecule has 0 saturated carbocycles. The lowest BCUT2D eigenvalue weighted by Crippen LogP contribution is -2.03. The second-order valence-corrected chi connectivity index (χ2v) is 2.43. The van der Waals surface area contributed by atoms with E-state index in [1.54, 1.807) is 0 Å². The zero-order valence-corrected chi connectivity index (χ0v) is 6.59. The van der Waals surface area contributed by atoms with Crippen LogP contribution in [0.3, 0.4) is 0 Å². The predicted molar refractivity (Wildman–Crippen MR) is 39.8 cm³/mol. The van der Waals surface area contributed by atoms with Crippen LogP contribution in [0.2, 0.25) is 0 Å². The molecule has 0 heterocycles. The summed E-state index contributed by atoms with van der Waals surface area (Å²) in [4.78, 5) is 21.2. The number of Topliss-reactive ketones (excluding diaryl/α,β-unsaturated/α-hetero) is 2. The highest BCUT2D eigenvalue weighted by Gasteiger charge is 2.03. The molecule has 0 aliphatic rings. The van der Waals surface area contributed by atoms with E-state index in [1.165, 1.54) is 6.92 Å². The van der Waals surface area contributed by atoms with Crippen LogP contribution in [0, 0.1) is 11.3 Å². The molecule has 0 bridgehead atoms. The number of hydrogen-bond donors (Lipinski definition) is 0.